The predicted octanol–water partition coefficient (Wildman–Crippen LogP) is 3.71. The molecule has 1 unspecified atom stereocenters. The van der Waals surface area contributed by atoms with Crippen LogP contribution in [-0.2, 0) is 4.79 Å². The molecule has 16 heavy (non-hydrogen) atoms. The minimum atomic E-state index is -0.622. The van der Waals surface area contributed by atoms with Crippen molar-refractivity contribution in [3.63, 3.8) is 0 Å². The van der Waals surface area contributed by atoms with E-state index < -0.39 is 11.5 Å². The van der Waals surface area contributed by atoms with Gasteiger partial charge in [-0.1, -0.05) is 58.1 Å². The summed E-state index contributed by atoms with van der Waals surface area (Å²) in [5.74, 6) is 0.524. The highest BCUT2D eigenvalue weighted by Crippen LogP contribution is 2.30. The Labute approximate surface area is 98.0 Å². The lowest BCUT2D eigenvalue weighted by Gasteiger charge is -2.26. The van der Waals surface area contributed by atoms with Gasteiger partial charge < -0.3 is 0 Å². The van der Waals surface area contributed by atoms with Crippen LogP contribution in [0, 0.1) is 16.2 Å². The summed E-state index contributed by atoms with van der Waals surface area (Å²) in [6.45, 7) is 5.57. The number of rotatable bonds is 4. The van der Waals surface area contributed by atoms with Crippen LogP contribution in [0.5, 0.6) is 0 Å². The monoisotopic (exact) mass is 225 g/mol. The first-order valence-corrected chi connectivity index (χ1v) is 6.32. The van der Waals surface area contributed by atoms with Crippen LogP contribution in [0.4, 0.5) is 0 Å². The number of carbonyl (C=O) groups excluding carboxylic acids is 1. The van der Waals surface area contributed by atoms with Crippen LogP contribution in [0.15, 0.2) is 5.18 Å². The molecule has 0 N–H and O–H groups in total. The Morgan fingerprint density at radius 2 is 1.81 bits per heavy atom. The fourth-order valence-electron chi connectivity index (χ4n) is 2.44. The van der Waals surface area contributed by atoms with E-state index in [1.54, 1.807) is 0 Å². The van der Waals surface area contributed by atoms with Crippen LogP contribution in [0.3, 0.4) is 0 Å². The Hall–Kier alpha value is -0.730. The predicted molar refractivity (Wildman–Crippen MR) is 65.2 cm³/mol. The van der Waals surface area contributed by atoms with Gasteiger partial charge >= 0.3 is 0 Å². The Morgan fingerprint density at radius 3 is 2.25 bits per heavy atom. The second-order valence-electron chi connectivity index (χ2n) is 5.98. The molecule has 3 heteroatoms. The summed E-state index contributed by atoms with van der Waals surface area (Å²) in [7, 11) is 0. The van der Waals surface area contributed by atoms with Gasteiger partial charge in [-0.05, 0) is 12.3 Å². The second-order valence-corrected chi connectivity index (χ2v) is 5.98. The first-order chi connectivity index (χ1) is 7.45. The topological polar surface area (TPSA) is 46.5 Å². The highest BCUT2D eigenvalue weighted by atomic mass is 16.3. The van der Waals surface area contributed by atoms with Crippen LogP contribution in [0.1, 0.15) is 59.3 Å². The van der Waals surface area contributed by atoms with Crippen LogP contribution < -0.4 is 0 Å². The van der Waals surface area contributed by atoms with Crippen molar-refractivity contribution in [2.75, 3.05) is 0 Å². The maximum Gasteiger partial charge on any atom is 0.166 e. The highest BCUT2D eigenvalue weighted by Gasteiger charge is 2.32. The number of nitroso groups, excluding NO2 is 1. The molecule has 0 heterocycles. The van der Waals surface area contributed by atoms with Crippen molar-refractivity contribution in [1.29, 1.82) is 0 Å². The zero-order valence-corrected chi connectivity index (χ0v) is 10.7. The fraction of sp³-hybridized carbons (Fsp3) is 0.923. The molecule has 0 radical (unpaired) electrons. The van der Waals surface area contributed by atoms with Crippen molar-refractivity contribution in [2.24, 2.45) is 16.5 Å². The van der Waals surface area contributed by atoms with E-state index >= 15 is 0 Å². The second kappa shape index (κ2) is 5.55. The SMILES string of the molecule is CC(C)(C)C(=O)C(CC1CCCCC1)N=O. The third-order valence-corrected chi connectivity index (χ3v) is 3.45. The molecule has 0 spiro atoms. The number of carbonyl (C=O) groups is 1. The number of hydrogen-bond acceptors (Lipinski definition) is 3. The maximum absolute atomic E-state index is 12.0. The summed E-state index contributed by atoms with van der Waals surface area (Å²) < 4.78 is 0. The van der Waals surface area contributed by atoms with Gasteiger partial charge in [0, 0.05) is 5.41 Å². The molecule has 0 amide bonds. The molecule has 92 valence electrons. The van der Waals surface area contributed by atoms with Crippen molar-refractivity contribution >= 4 is 5.78 Å². The van der Waals surface area contributed by atoms with Crippen molar-refractivity contribution < 1.29 is 4.79 Å². The van der Waals surface area contributed by atoms with E-state index in [0.29, 0.717) is 12.3 Å². The van der Waals surface area contributed by atoms with E-state index in [2.05, 4.69) is 5.18 Å². The largest absolute Gasteiger partial charge is 0.297 e. The first-order valence-electron chi connectivity index (χ1n) is 6.32. The van der Waals surface area contributed by atoms with Crippen molar-refractivity contribution in [3.8, 4) is 0 Å². The lowest BCUT2D eigenvalue weighted by molar-refractivity contribution is -0.128. The molecule has 0 aromatic heterocycles. The van der Waals surface area contributed by atoms with Crippen LogP contribution in [-0.4, -0.2) is 11.8 Å². The van der Waals surface area contributed by atoms with Gasteiger partial charge in [-0.25, -0.2) is 0 Å². The molecule has 1 aliphatic rings. The molecule has 0 aromatic carbocycles. The van der Waals surface area contributed by atoms with E-state index in [1.807, 2.05) is 20.8 Å². The number of Topliss-reactive ketones (excluding diaryl/α,β-unsaturated/α-hetero) is 1. The zero-order chi connectivity index (χ0) is 12.2. The summed E-state index contributed by atoms with van der Waals surface area (Å²) in [5, 5.41) is 3.05. The molecule has 1 atom stereocenters. The van der Waals surface area contributed by atoms with Gasteiger partial charge in [-0.15, -0.1) is 0 Å². The Morgan fingerprint density at radius 1 is 1.25 bits per heavy atom. The summed E-state index contributed by atoms with van der Waals surface area (Å²) in [5.41, 5.74) is -0.451. The standard InChI is InChI=1S/C13H23NO2/c1-13(2,3)12(15)11(14-16)9-10-7-5-4-6-8-10/h10-11H,4-9H2,1-3H3. The number of ketones is 1. The zero-order valence-electron chi connectivity index (χ0n) is 10.7. The lowest BCUT2D eigenvalue weighted by Crippen LogP contribution is -2.32. The molecule has 0 saturated heterocycles. The molecule has 3 nitrogen and oxygen atoms in total. The minimum absolute atomic E-state index is 0.00641. The average molecular weight is 225 g/mol. The highest BCUT2D eigenvalue weighted by molar-refractivity contribution is 5.88. The van der Waals surface area contributed by atoms with Crippen LogP contribution in [0.25, 0.3) is 0 Å². The third-order valence-electron chi connectivity index (χ3n) is 3.45. The van der Waals surface area contributed by atoms with Crippen molar-refractivity contribution in [2.45, 2.75) is 65.3 Å². The quantitative estimate of drug-likeness (QED) is 0.685. The average Bonchev–Trinajstić information content (AvgIpc) is 2.25. The Balaban J connectivity index is 2.54. The molecule has 1 rings (SSSR count). The van der Waals surface area contributed by atoms with E-state index in [4.69, 9.17) is 0 Å². The normalized spacial score (nSPS) is 20.4. The van der Waals surface area contributed by atoms with Gasteiger partial charge in [-0.2, -0.15) is 4.91 Å². The van der Waals surface area contributed by atoms with E-state index in [0.717, 1.165) is 12.8 Å². The smallest absolute Gasteiger partial charge is 0.166 e. The Kier molecular flexibility index (Phi) is 4.63. The Bertz CT molecular complexity index is 249. The molecular weight excluding hydrogens is 202 g/mol. The summed E-state index contributed by atoms with van der Waals surface area (Å²) in [4.78, 5) is 22.8. The molecule has 1 fully saturated rings. The van der Waals surface area contributed by atoms with Crippen LogP contribution >= 0.6 is 0 Å². The molecule has 0 bridgehead atoms. The van der Waals surface area contributed by atoms with E-state index in [9.17, 15) is 9.70 Å². The number of nitrogens with zero attached hydrogens (tertiary/aromatic N) is 1. The van der Waals surface area contributed by atoms with Gasteiger partial charge in [0.05, 0.1) is 0 Å². The summed E-state index contributed by atoms with van der Waals surface area (Å²) in [6, 6.07) is -0.622. The molecule has 0 aliphatic heterocycles. The third kappa shape index (κ3) is 3.69. The maximum atomic E-state index is 12.0. The van der Waals surface area contributed by atoms with Gasteiger partial charge in [0.1, 0.15) is 0 Å². The van der Waals surface area contributed by atoms with Gasteiger partial charge in [0.25, 0.3) is 0 Å². The number of hydrogen-bond donors (Lipinski definition) is 0. The van der Waals surface area contributed by atoms with Crippen molar-refractivity contribution in [3.05, 3.63) is 4.91 Å². The fourth-order valence-corrected chi connectivity index (χ4v) is 2.44. The van der Waals surface area contributed by atoms with Gasteiger partial charge in [-0.3, -0.25) is 4.79 Å². The van der Waals surface area contributed by atoms with Gasteiger partial charge in [0.2, 0.25) is 0 Å². The van der Waals surface area contributed by atoms with Crippen LogP contribution in [0.2, 0.25) is 0 Å². The summed E-state index contributed by atoms with van der Waals surface area (Å²) in [6.07, 6.45) is 6.75. The van der Waals surface area contributed by atoms with Gasteiger partial charge in [0.15, 0.2) is 11.8 Å². The van der Waals surface area contributed by atoms with E-state index in [-0.39, 0.29) is 5.78 Å². The summed E-state index contributed by atoms with van der Waals surface area (Å²) >= 11 is 0. The molecule has 1 saturated carbocycles. The van der Waals surface area contributed by atoms with E-state index in [1.165, 1.54) is 19.3 Å². The molecule has 1 aliphatic carbocycles. The molecule has 0 aromatic rings. The van der Waals surface area contributed by atoms with Crippen molar-refractivity contribution in [1.82, 2.24) is 0 Å². The minimum Gasteiger partial charge on any atom is -0.297 e. The lowest BCUT2D eigenvalue weighted by atomic mass is 9.79. The first kappa shape index (κ1) is 13.3. The molecular formula is C13H23NO2.